The Balaban J connectivity index is 2.32. The SMILES string of the molecule is NC1CC(=O)N(c2cccnc2Cl)C1. The van der Waals surface area contributed by atoms with Gasteiger partial charge in [-0.25, -0.2) is 4.98 Å². The predicted molar refractivity (Wildman–Crippen MR) is 54.2 cm³/mol. The van der Waals surface area contributed by atoms with Crippen LogP contribution in [0.5, 0.6) is 0 Å². The van der Waals surface area contributed by atoms with Crippen molar-refractivity contribution in [2.24, 2.45) is 5.73 Å². The zero-order valence-electron chi connectivity index (χ0n) is 7.48. The summed E-state index contributed by atoms with van der Waals surface area (Å²) in [5, 5.41) is 0.343. The van der Waals surface area contributed by atoms with E-state index in [1.54, 1.807) is 23.2 Å². The summed E-state index contributed by atoms with van der Waals surface area (Å²) < 4.78 is 0. The van der Waals surface area contributed by atoms with E-state index >= 15 is 0 Å². The molecule has 0 spiro atoms. The summed E-state index contributed by atoms with van der Waals surface area (Å²) >= 11 is 5.87. The van der Waals surface area contributed by atoms with Gasteiger partial charge in [0.25, 0.3) is 0 Å². The Morgan fingerprint density at radius 3 is 3.00 bits per heavy atom. The molecule has 0 aromatic carbocycles. The summed E-state index contributed by atoms with van der Waals surface area (Å²) in [6, 6.07) is 3.42. The number of pyridine rings is 1. The maximum Gasteiger partial charge on any atom is 0.228 e. The van der Waals surface area contributed by atoms with Crippen molar-refractivity contribution in [1.29, 1.82) is 0 Å². The highest BCUT2D eigenvalue weighted by molar-refractivity contribution is 6.32. The molecule has 0 saturated carbocycles. The molecule has 74 valence electrons. The Bertz CT molecular complexity index is 369. The van der Waals surface area contributed by atoms with Crippen LogP contribution in [0.2, 0.25) is 5.15 Å². The van der Waals surface area contributed by atoms with Gasteiger partial charge in [-0.2, -0.15) is 0 Å². The van der Waals surface area contributed by atoms with E-state index in [-0.39, 0.29) is 11.9 Å². The van der Waals surface area contributed by atoms with Crippen LogP contribution in [0.1, 0.15) is 6.42 Å². The molecule has 5 heteroatoms. The Labute approximate surface area is 86.7 Å². The minimum atomic E-state index is -0.0984. The van der Waals surface area contributed by atoms with Gasteiger partial charge in [-0.05, 0) is 12.1 Å². The highest BCUT2D eigenvalue weighted by Crippen LogP contribution is 2.26. The van der Waals surface area contributed by atoms with E-state index in [0.717, 1.165) is 0 Å². The topological polar surface area (TPSA) is 59.2 Å². The number of amides is 1. The predicted octanol–water partition coefficient (Wildman–Crippen LogP) is 0.799. The lowest BCUT2D eigenvalue weighted by Gasteiger charge is -2.16. The summed E-state index contributed by atoms with van der Waals surface area (Å²) in [5.41, 5.74) is 6.32. The molecule has 2 heterocycles. The number of nitrogens with zero attached hydrogens (tertiary/aromatic N) is 2. The largest absolute Gasteiger partial charge is 0.326 e. The van der Waals surface area contributed by atoms with E-state index < -0.39 is 0 Å². The summed E-state index contributed by atoms with van der Waals surface area (Å²) in [5.74, 6) is 0.00685. The molecule has 14 heavy (non-hydrogen) atoms. The number of carbonyl (C=O) groups excluding carboxylic acids is 1. The Hall–Kier alpha value is -1.13. The number of aromatic nitrogens is 1. The van der Waals surface area contributed by atoms with Gasteiger partial charge in [-0.3, -0.25) is 4.79 Å². The van der Waals surface area contributed by atoms with Crippen LogP contribution in [0.25, 0.3) is 0 Å². The van der Waals surface area contributed by atoms with Crippen LogP contribution < -0.4 is 10.6 Å². The van der Waals surface area contributed by atoms with E-state index in [2.05, 4.69) is 4.98 Å². The Morgan fingerprint density at radius 2 is 2.43 bits per heavy atom. The molecule has 1 aromatic heterocycles. The van der Waals surface area contributed by atoms with Crippen molar-refractivity contribution < 1.29 is 4.79 Å². The lowest BCUT2D eigenvalue weighted by atomic mass is 10.3. The van der Waals surface area contributed by atoms with Gasteiger partial charge in [-0.1, -0.05) is 11.6 Å². The quantitative estimate of drug-likeness (QED) is 0.699. The normalized spacial score (nSPS) is 21.7. The molecule has 1 amide bonds. The second-order valence-corrected chi connectivity index (χ2v) is 3.64. The van der Waals surface area contributed by atoms with Crippen LogP contribution in [0.3, 0.4) is 0 Å². The summed E-state index contributed by atoms with van der Waals surface area (Å²) in [6.07, 6.45) is 1.97. The first kappa shape index (κ1) is 9.43. The number of hydrogen-bond donors (Lipinski definition) is 1. The first-order chi connectivity index (χ1) is 6.68. The molecule has 1 aliphatic heterocycles. The van der Waals surface area contributed by atoms with E-state index in [4.69, 9.17) is 17.3 Å². The Kier molecular flexibility index (Phi) is 2.39. The highest BCUT2D eigenvalue weighted by atomic mass is 35.5. The van der Waals surface area contributed by atoms with Crippen molar-refractivity contribution in [3.63, 3.8) is 0 Å². The highest BCUT2D eigenvalue weighted by Gasteiger charge is 2.29. The summed E-state index contributed by atoms with van der Waals surface area (Å²) in [6.45, 7) is 0.518. The molecule has 0 radical (unpaired) electrons. The molecule has 1 aliphatic rings. The first-order valence-corrected chi connectivity index (χ1v) is 4.73. The zero-order valence-corrected chi connectivity index (χ0v) is 8.24. The van der Waals surface area contributed by atoms with Crippen LogP contribution in [0.4, 0.5) is 5.69 Å². The van der Waals surface area contributed by atoms with Crippen LogP contribution in [-0.2, 0) is 4.79 Å². The molecular formula is C9H10ClN3O. The average Bonchev–Trinajstić information content (AvgIpc) is 2.46. The lowest BCUT2D eigenvalue weighted by Crippen LogP contribution is -2.28. The number of nitrogens with two attached hydrogens (primary N) is 1. The molecule has 1 atom stereocenters. The third kappa shape index (κ3) is 1.58. The molecular weight excluding hydrogens is 202 g/mol. The molecule has 0 aliphatic carbocycles. The summed E-state index contributed by atoms with van der Waals surface area (Å²) in [4.78, 5) is 17.0. The fraction of sp³-hybridized carbons (Fsp3) is 0.333. The van der Waals surface area contributed by atoms with E-state index in [1.165, 1.54) is 0 Å². The molecule has 0 bridgehead atoms. The third-order valence-electron chi connectivity index (χ3n) is 2.19. The smallest absolute Gasteiger partial charge is 0.228 e. The molecule has 1 fully saturated rings. The number of halogens is 1. The van der Waals surface area contributed by atoms with Gasteiger partial charge in [-0.15, -0.1) is 0 Å². The van der Waals surface area contributed by atoms with Gasteiger partial charge in [0.2, 0.25) is 5.91 Å². The number of hydrogen-bond acceptors (Lipinski definition) is 3. The maximum atomic E-state index is 11.5. The van der Waals surface area contributed by atoms with Crippen molar-refractivity contribution >= 4 is 23.2 Å². The van der Waals surface area contributed by atoms with E-state index in [0.29, 0.717) is 23.8 Å². The average molecular weight is 212 g/mol. The number of carbonyl (C=O) groups is 1. The van der Waals surface area contributed by atoms with Crippen molar-refractivity contribution in [2.75, 3.05) is 11.4 Å². The molecule has 4 nitrogen and oxygen atoms in total. The third-order valence-corrected chi connectivity index (χ3v) is 2.48. The van der Waals surface area contributed by atoms with Crippen molar-refractivity contribution in [2.45, 2.75) is 12.5 Å². The molecule has 2 N–H and O–H groups in total. The van der Waals surface area contributed by atoms with Crippen molar-refractivity contribution in [1.82, 2.24) is 4.98 Å². The fourth-order valence-electron chi connectivity index (χ4n) is 1.55. The lowest BCUT2D eigenvalue weighted by molar-refractivity contribution is -0.117. The number of rotatable bonds is 1. The van der Waals surface area contributed by atoms with Gasteiger partial charge >= 0.3 is 0 Å². The van der Waals surface area contributed by atoms with Gasteiger partial charge in [0.1, 0.15) is 0 Å². The van der Waals surface area contributed by atoms with Gasteiger partial charge in [0, 0.05) is 25.2 Å². The van der Waals surface area contributed by atoms with Crippen LogP contribution in [0, 0.1) is 0 Å². The second kappa shape index (κ2) is 3.55. The van der Waals surface area contributed by atoms with Crippen LogP contribution in [-0.4, -0.2) is 23.5 Å². The number of anilines is 1. The van der Waals surface area contributed by atoms with Gasteiger partial charge < -0.3 is 10.6 Å². The zero-order chi connectivity index (χ0) is 10.1. The fourth-order valence-corrected chi connectivity index (χ4v) is 1.77. The minimum absolute atomic E-state index is 0.00685. The minimum Gasteiger partial charge on any atom is -0.326 e. The molecule has 1 aromatic rings. The first-order valence-electron chi connectivity index (χ1n) is 4.35. The molecule has 1 saturated heterocycles. The maximum absolute atomic E-state index is 11.5. The van der Waals surface area contributed by atoms with E-state index in [9.17, 15) is 4.79 Å². The molecule has 2 rings (SSSR count). The van der Waals surface area contributed by atoms with Gasteiger partial charge in [0.05, 0.1) is 5.69 Å². The van der Waals surface area contributed by atoms with Crippen LogP contribution in [0.15, 0.2) is 18.3 Å². The second-order valence-electron chi connectivity index (χ2n) is 3.28. The monoisotopic (exact) mass is 211 g/mol. The van der Waals surface area contributed by atoms with Crippen LogP contribution >= 0.6 is 11.6 Å². The van der Waals surface area contributed by atoms with Crippen molar-refractivity contribution in [3.8, 4) is 0 Å². The van der Waals surface area contributed by atoms with Gasteiger partial charge in [0.15, 0.2) is 5.15 Å². The molecule has 1 unspecified atom stereocenters. The standard InChI is InChI=1S/C9H10ClN3O/c10-9-7(2-1-3-12-9)13-5-6(11)4-8(13)14/h1-3,6H,4-5,11H2. The van der Waals surface area contributed by atoms with E-state index in [1.807, 2.05) is 0 Å². The summed E-state index contributed by atoms with van der Waals surface area (Å²) in [7, 11) is 0. The van der Waals surface area contributed by atoms with Crippen molar-refractivity contribution in [3.05, 3.63) is 23.5 Å². The Morgan fingerprint density at radius 1 is 1.64 bits per heavy atom.